The molecule has 3 rings (SSSR count). The number of aromatic nitrogens is 1. The molecule has 0 bridgehead atoms. The van der Waals surface area contributed by atoms with Crippen LogP contribution in [-0.2, 0) is 19.5 Å². The quantitative estimate of drug-likeness (QED) is 0.227. The smallest absolute Gasteiger partial charge is 0.260 e. The SMILES string of the molecule is CCN(CC)CCN(C(=O)c1ccc(S(=O)(=O)N(CCOC)CCOC)cc1)c1nc2c(SC)cccc2s1. The fourth-order valence-electron chi connectivity index (χ4n) is 4.07. The van der Waals surface area contributed by atoms with Gasteiger partial charge in [0, 0.05) is 50.9 Å². The van der Waals surface area contributed by atoms with Gasteiger partial charge in [0.2, 0.25) is 10.0 Å². The molecule has 1 amide bonds. The van der Waals surface area contributed by atoms with Gasteiger partial charge in [-0.1, -0.05) is 31.3 Å². The summed E-state index contributed by atoms with van der Waals surface area (Å²) in [6.07, 6.45) is 2.01. The first-order valence-corrected chi connectivity index (χ1v) is 16.3. The highest BCUT2D eigenvalue weighted by Gasteiger charge is 2.26. The van der Waals surface area contributed by atoms with Crippen molar-refractivity contribution < 1.29 is 22.7 Å². The highest BCUT2D eigenvalue weighted by atomic mass is 32.2. The van der Waals surface area contributed by atoms with Crippen LogP contribution in [0.2, 0.25) is 0 Å². The predicted molar refractivity (Wildman–Crippen MR) is 160 cm³/mol. The first-order valence-electron chi connectivity index (χ1n) is 12.9. The van der Waals surface area contributed by atoms with Gasteiger partial charge in [-0.25, -0.2) is 13.4 Å². The third-order valence-corrected chi connectivity index (χ3v) is 10.2. The normalized spacial score (nSPS) is 12.1. The van der Waals surface area contributed by atoms with Gasteiger partial charge >= 0.3 is 0 Å². The first kappa shape index (κ1) is 31.5. The van der Waals surface area contributed by atoms with Gasteiger partial charge in [0.1, 0.15) is 0 Å². The molecule has 0 saturated heterocycles. The van der Waals surface area contributed by atoms with E-state index in [0.29, 0.717) is 23.8 Å². The molecule has 1 heterocycles. The van der Waals surface area contributed by atoms with Gasteiger partial charge in [-0.15, -0.1) is 11.8 Å². The maximum Gasteiger partial charge on any atom is 0.260 e. The van der Waals surface area contributed by atoms with E-state index in [9.17, 15) is 13.2 Å². The lowest BCUT2D eigenvalue weighted by molar-refractivity contribution is 0.0983. The standard InChI is InChI=1S/C27H38N4O5S3/c1-6-29(7-2)15-16-31(27-28-25-23(37-5)9-8-10-24(25)38-27)26(32)21-11-13-22(14-12-21)39(33,34)30(17-19-35-3)18-20-36-4/h8-14H,6-7,15-20H2,1-5H3. The molecule has 0 fully saturated rings. The van der Waals surface area contributed by atoms with Crippen LogP contribution in [0.15, 0.2) is 52.3 Å². The molecule has 0 spiro atoms. The second-order valence-electron chi connectivity index (χ2n) is 8.70. The van der Waals surface area contributed by atoms with Crippen LogP contribution in [0.1, 0.15) is 24.2 Å². The molecule has 0 N–H and O–H groups in total. The Hall–Kier alpha value is -2.06. The summed E-state index contributed by atoms with van der Waals surface area (Å²) in [6.45, 7) is 8.06. The van der Waals surface area contributed by atoms with Gasteiger partial charge in [-0.3, -0.25) is 9.69 Å². The van der Waals surface area contributed by atoms with Gasteiger partial charge in [-0.05, 0) is 55.7 Å². The molecule has 9 nitrogen and oxygen atoms in total. The number of hydrogen-bond donors (Lipinski definition) is 0. The minimum absolute atomic E-state index is 0.116. The molecule has 1 aromatic heterocycles. The van der Waals surface area contributed by atoms with Crippen LogP contribution in [-0.4, -0.2) is 101 Å². The largest absolute Gasteiger partial charge is 0.383 e. The molecule has 2 aromatic carbocycles. The summed E-state index contributed by atoms with van der Waals surface area (Å²) in [5.74, 6) is -0.216. The number of nitrogens with zero attached hydrogens (tertiary/aromatic N) is 4. The fraction of sp³-hybridized carbons (Fsp3) is 0.481. The Kier molecular flexibility index (Phi) is 12.2. The maximum absolute atomic E-state index is 13.8. The molecule has 39 heavy (non-hydrogen) atoms. The van der Waals surface area contributed by atoms with E-state index in [4.69, 9.17) is 14.5 Å². The molecule has 3 aromatic rings. The average Bonchev–Trinajstić information content (AvgIpc) is 3.39. The average molecular weight is 595 g/mol. The number of sulfonamides is 1. The van der Waals surface area contributed by atoms with Gasteiger partial charge < -0.3 is 14.4 Å². The van der Waals surface area contributed by atoms with Crippen molar-refractivity contribution in [2.45, 2.75) is 23.6 Å². The van der Waals surface area contributed by atoms with Crippen molar-refractivity contribution in [3.63, 3.8) is 0 Å². The Labute approximate surface area is 240 Å². The summed E-state index contributed by atoms with van der Waals surface area (Å²) >= 11 is 3.11. The van der Waals surface area contributed by atoms with Crippen LogP contribution in [0.4, 0.5) is 5.13 Å². The number of amides is 1. The number of benzene rings is 2. The topological polar surface area (TPSA) is 92.3 Å². The number of carbonyl (C=O) groups is 1. The number of hydrogen-bond acceptors (Lipinski definition) is 9. The lowest BCUT2D eigenvalue weighted by Crippen LogP contribution is -2.39. The molecular formula is C27H38N4O5S3. The minimum Gasteiger partial charge on any atom is -0.383 e. The van der Waals surface area contributed by atoms with Crippen molar-refractivity contribution in [1.82, 2.24) is 14.2 Å². The van der Waals surface area contributed by atoms with Gasteiger partial charge in [0.25, 0.3) is 5.91 Å². The Morgan fingerprint density at radius 3 is 2.15 bits per heavy atom. The fourth-order valence-corrected chi connectivity index (χ4v) is 7.12. The third-order valence-electron chi connectivity index (χ3n) is 6.43. The zero-order valence-corrected chi connectivity index (χ0v) is 25.7. The van der Waals surface area contributed by atoms with Crippen molar-refractivity contribution in [1.29, 1.82) is 0 Å². The van der Waals surface area contributed by atoms with Crippen molar-refractivity contribution in [3.05, 3.63) is 48.0 Å². The van der Waals surface area contributed by atoms with E-state index in [2.05, 4.69) is 18.7 Å². The van der Waals surface area contributed by atoms with Crippen LogP contribution >= 0.6 is 23.1 Å². The molecule has 0 aliphatic carbocycles. The number of fused-ring (bicyclic) bond motifs is 1. The van der Waals surface area contributed by atoms with E-state index in [1.54, 1.807) is 28.8 Å². The highest BCUT2D eigenvalue weighted by Crippen LogP contribution is 2.34. The Morgan fingerprint density at radius 1 is 0.949 bits per heavy atom. The lowest BCUT2D eigenvalue weighted by Gasteiger charge is -2.25. The summed E-state index contributed by atoms with van der Waals surface area (Å²) < 4.78 is 39.1. The summed E-state index contributed by atoms with van der Waals surface area (Å²) in [5.41, 5.74) is 1.29. The molecule has 0 unspecified atom stereocenters. The van der Waals surface area contributed by atoms with Crippen molar-refractivity contribution in [2.24, 2.45) is 0 Å². The number of methoxy groups -OCH3 is 2. The zero-order chi connectivity index (χ0) is 28.4. The zero-order valence-electron chi connectivity index (χ0n) is 23.3. The minimum atomic E-state index is -3.78. The molecule has 0 radical (unpaired) electrons. The van der Waals surface area contributed by atoms with E-state index in [-0.39, 0.29) is 37.1 Å². The summed E-state index contributed by atoms with van der Waals surface area (Å²) in [7, 11) is -0.727. The Morgan fingerprint density at radius 2 is 1.59 bits per heavy atom. The van der Waals surface area contributed by atoms with Gasteiger partial charge in [0.05, 0.1) is 28.3 Å². The number of thioether (sulfide) groups is 1. The number of rotatable bonds is 16. The molecule has 12 heteroatoms. The van der Waals surface area contributed by atoms with E-state index in [0.717, 1.165) is 28.2 Å². The van der Waals surface area contributed by atoms with Crippen LogP contribution in [0.5, 0.6) is 0 Å². The summed E-state index contributed by atoms with van der Waals surface area (Å²) in [5, 5.41) is 0.630. The highest BCUT2D eigenvalue weighted by molar-refractivity contribution is 7.98. The van der Waals surface area contributed by atoms with Crippen molar-refractivity contribution in [3.8, 4) is 0 Å². The Bertz CT molecular complexity index is 1300. The van der Waals surface area contributed by atoms with E-state index in [1.165, 1.54) is 42.0 Å². The van der Waals surface area contributed by atoms with Crippen molar-refractivity contribution >= 4 is 54.4 Å². The van der Waals surface area contributed by atoms with E-state index in [1.807, 2.05) is 24.5 Å². The van der Waals surface area contributed by atoms with E-state index < -0.39 is 10.0 Å². The second-order valence-corrected chi connectivity index (χ2v) is 12.5. The molecule has 0 saturated carbocycles. The number of carbonyl (C=O) groups excluding carboxylic acids is 1. The van der Waals surface area contributed by atoms with E-state index >= 15 is 0 Å². The molecule has 0 atom stereocenters. The molecule has 0 aliphatic heterocycles. The van der Waals surface area contributed by atoms with Gasteiger partial charge in [-0.2, -0.15) is 4.31 Å². The molecule has 214 valence electrons. The summed E-state index contributed by atoms with van der Waals surface area (Å²) in [6, 6.07) is 12.2. The Balaban J connectivity index is 1.92. The monoisotopic (exact) mass is 594 g/mol. The second kappa shape index (κ2) is 15.1. The summed E-state index contributed by atoms with van der Waals surface area (Å²) in [4.78, 5) is 23.8. The number of anilines is 1. The number of thiazole rings is 1. The first-order chi connectivity index (χ1) is 18.8. The van der Waals surface area contributed by atoms with Crippen molar-refractivity contribution in [2.75, 3.05) is 77.9 Å². The van der Waals surface area contributed by atoms with Gasteiger partial charge in [0.15, 0.2) is 5.13 Å². The third kappa shape index (κ3) is 7.78. The maximum atomic E-state index is 13.8. The molecule has 0 aliphatic rings. The van der Waals surface area contributed by atoms with Crippen LogP contribution < -0.4 is 4.90 Å². The number of ether oxygens (including phenoxy) is 2. The number of para-hydroxylation sites is 1. The van der Waals surface area contributed by atoms with Crippen LogP contribution in [0.3, 0.4) is 0 Å². The number of likely N-dealkylation sites (N-methyl/N-ethyl adjacent to an activating group) is 1. The van der Waals surface area contributed by atoms with Crippen LogP contribution in [0.25, 0.3) is 10.2 Å². The van der Waals surface area contributed by atoms with Crippen LogP contribution in [0, 0.1) is 0 Å². The predicted octanol–water partition coefficient (Wildman–Crippen LogP) is 4.29. The lowest BCUT2D eigenvalue weighted by atomic mass is 10.2. The molecular weight excluding hydrogens is 557 g/mol.